The van der Waals surface area contributed by atoms with Crippen LogP contribution in [0.3, 0.4) is 0 Å². The van der Waals surface area contributed by atoms with Gasteiger partial charge in [0.1, 0.15) is 5.82 Å². The van der Waals surface area contributed by atoms with Crippen molar-refractivity contribution in [3.8, 4) is 22.6 Å². The molecule has 7 heteroatoms. The van der Waals surface area contributed by atoms with Gasteiger partial charge in [-0.3, -0.25) is 0 Å². The van der Waals surface area contributed by atoms with Gasteiger partial charge in [0, 0.05) is 10.9 Å². The first-order chi connectivity index (χ1) is 13.5. The Balaban J connectivity index is 2.19. The van der Waals surface area contributed by atoms with Crippen LogP contribution >= 0.6 is 0 Å². The molecular weight excluding hydrogens is 367 g/mol. The molecule has 4 rings (SSSR count). The molecule has 142 valence electrons. The van der Waals surface area contributed by atoms with Gasteiger partial charge in [-0.2, -0.15) is 0 Å². The van der Waals surface area contributed by atoms with E-state index in [-0.39, 0.29) is 17.9 Å². The van der Waals surface area contributed by atoms with Gasteiger partial charge in [0.15, 0.2) is 11.5 Å². The fourth-order valence-electron chi connectivity index (χ4n) is 3.34. The van der Waals surface area contributed by atoms with Gasteiger partial charge in [0.2, 0.25) is 6.79 Å². The molecule has 0 N–H and O–H groups in total. The predicted molar refractivity (Wildman–Crippen MR) is 98.1 cm³/mol. The van der Waals surface area contributed by atoms with E-state index in [0.29, 0.717) is 33.4 Å². The summed E-state index contributed by atoms with van der Waals surface area (Å²) < 4.78 is 34.4. The highest BCUT2D eigenvalue weighted by Crippen LogP contribution is 2.46. The van der Waals surface area contributed by atoms with Crippen LogP contribution < -0.4 is 9.47 Å². The maximum absolute atomic E-state index is 13.5. The molecular formula is C21H15FO6. The van der Waals surface area contributed by atoms with Crippen LogP contribution in [-0.2, 0) is 9.47 Å². The summed E-state index contributed by atoms with van der Waals surface area (Å²) in [5.41, 5.74) is 0.950. The van der Waals surface area contributed by atoms with Crippen LogP contribution in [0.25, 0.3) is 21.9 Å². The molecule has 1 heterocycles. The van der Waals surface area contributed by atoms with Crippen molar-refractivity contribution in [2.45, 2.75) is 0 Å². The maximum Gasteiger partial charge on any atom is 0.339 e. The van der Waals surface area contributed by atoms with E-state index < -0.39 is 17.8 Å². The lowest BCUT2D eigenvalue weighted by molar-refractivity contribution is 0.0556. The second-order valence-electron chi connectivity index (χ2n) is 6.06. The van der Waals surface area contributed by atoms with Crippen LogP contribution in [0.15, 0.2) is 42.5 Å². The SMILES string of the molecule is COC(=O)c1cc2ccc3c(c2c(-c2ccc(F)cc2)c1C(=O)OC)OCO3. The molecule has 28 heavy (non-hydrogen) atoms. The van der Waals surface area contributed by atoms with Gasteiger partial charge in [-0.05, 0) is 35.2 Å². The van der Waals surface area contributed by atoms with E-state index in [2.05, 4.69) is 0 Å². The second kappa shape index (κ2) is 6.84. The normalized spacial score (nSPS) is 12.1. The molecule has 0 spiro atoms. The zero-order chi connectivity index (χ0) is 19.8. The smallest absolute Gasteiger partial charge is 0.339 e. The lowest BCUT2D eigenvalue weighted by atomic mass is 9.89. The van der Waals surface area contributed by atoms with Gasteiger partial charge in [-0.25, -0.2) is 14.0 Å². The van der Waals surface area contributed by atoms with Gasteiger partial charge in [0.25, 0.3) is 0 Å². The van der Waals surface area contributed by atoms with Crippen molar-refractivity contribution in [1.82, 2.24) is 0 Å². The highest BCUT2D eigenvalue weighted by molar-refractivity contribution is 6.17. The molecule has 0 amide bonds. The largest absolute Gasteiger partial charge is 0.465 e. The van der Waals surface area contributed by atoms with Gasteiger partial charge in [-0.1, -0.05) is 18.2 Å². The molecule has 0 saturated heterocycles. The summed E-state index contributed by atoms with van der Waals surface area (Å²) in [5, 5.41) is 1.20. The molecule has 3 aromatic carbocycles. The van der Waals surface area contributed by atoms with Gasteiger partial charge in [0.05, 0.1) is 25.3 Å². The Bertz CT molecular complexity index is 1100. The zero-order valence-corrected chi connectivity index (χ0v) is 15.1. The molecule has 1 aliphatic rings. The minimum atomic E-state index is -0.724. The fraction of sp³-hybridized carbons (Fsp3) is 0.143. The number of ether oxygens (including phenoxy) is 4. The van der Waals surface area contributed by atoms with E-state index >= 15 is 0 Å². The molecule has 0 radical (unpaired) electrons. The van der Waals surface area contributed by atoms with Crippen LogP contribution in [0.2, 0.25) is 0 Å². The van der Waals surface area contributed by atoms with Crippen molar-refractivity contribution in [3.63, 3.8) is 0 Å². The number of hydrogen-bond acceptors (Lipinski definition) is 6. The van der Waals surface area contributed by atoms with Crippen LogP contribution in [0, 0.1) is 5.82 Å². The molecule has 0 bridgehead atoms. The first-order valence-corrected chi connectivity index (χ1v) is 8.37. The Labute approximate surface area is 159 Å². The summed E-state index contributed by atoms with van der Waals surface area (Å²) in [4.78, 5) is 25.1. The standard InChI is InChI=1S/C21H15FO6/c1-25-20(23)14-9-12-5-8-15-19(28-10-27-15)17(12)16(18(14)21(24)26-2)11-3-6-13(22)7-4-11/h3-9H,10H2,1-2H3. The third kappa shape index (κ3) is 2.72. The number of methoxy groups -OCH3 is 2. The summed E-state index contributed by atoms with van der Waals surface area (Å²) in [5.74, 6) is -0.890. The molecule has 0 fully saturated rings. The van der Waals surface area contributed by atoms with Gasteiger partial charge < -0.3 is 18.9 Å². The third-order valence-electron chi connectivity index (χ3n) is 4.57. The van der Waals surface area contributed by atoms with E-state index in [0.717, 1.165) is 0 Å². The van der Waals surface area contributed by atoms with E-state index in [1.807, 2.05) is 0 Å². The molecule has 0 aromatic heterocycles. The highest BCUT2D eigenvalue weighted by atomic mass is 19.1. The average Bonchev–Trinajstić information content (AvgIpc) is 3.20. The number of fused-ring (bicyclic) bond motifs is 3. The van der Waals surface area contributed by atoms with Crippen molar-refractivity contribution < 1.29 is 32.9 Å². The quantitative estimate of drug-likeness (QED) is 0.639. The third-order valence-corrected chi connectivity index (χ3v) is 4.57. The fourth-order valence-corrected chi connectivity index (χ4v) is 3.34. The Hall–Kier alpha value is -3.61. The summed E-state index contributed by atoms with van der Waals surface area (Å²) >= 11 is 0. The lowest BCUT2D eigenvalue weighted by Crippen LogP contribution is -2.14. The Kier molecular flexibility index (Phi) is 4.35. The lowest BCUT2D eigenvalue weighted by Gasteiger charge is -2.17. The molecule has 0 aliphatic carbocycles. The minimum absolute atomic E-state index is 0.0114. The second-order valence-corrected chi connectivity index (χ2v) is 6.06. The molecule has 1 aliphatic heterocycles. The van der Waals surface area contributed by atoms with Crippen molar-refractivity contribution in [2.75, 3.05) is 21.0 Å². The monoisotopic (exact) mass is 382 g/mol. The number of hydrogen-bond donors (Lipinski definition) is 0. The first-order valence-electron chi connectivity index (χ1n) is 8.37. The highest BCUT2D eigenvalue weighted by Gasteiger charge is 2.29. The number of carbonyl (C=O) groups is 2. The number of esters is 2. The van der Waals surface area contributed by atoms with Crippen molar-refractivity contribution >= 4 is 22.7 Å². The van der Waals surface area contributed by atoms with Gasteiger partial charge in [-0.15, -0.1) is 0 Å². The van der Waals surface area contributed by atoms with Gasteiger partial charge >= 0.3 is 11.9 Å². The van der Waals surface area contributed by atoms with E-state index in [1.165, 1.54) is 38.5 Å². The number of benzene rings is 3. The molecule has 0 atom stereocenters. The maximum atomic E-state index is 13.5. The average molecular weight is 382 g/mol. The summed E-state index contributed by atoms with van der Waals surface area (Å²) in [7, 11) is 2.45. The first kappa shape index (κ1) is 17.8. The Morgan fingerprint density at radius 3 is 2.36 bits per heavy atom. The van der Waals surface area contributed by atoms with Crippen LogP contribution in [0.1, 0.15) is 20.7 Å². The number of halogens is 1. The molecule has 6 nitrogen and oxygen atoms in total. The topological polar surface area (TPSA) is 71.1 Å². The Morgan fingerprint density at radius 2 is 1.68 bits per heavy atom. The summed E-state index contributed by atoms with van der Waals surface area (Å²) in [6, 6.07) is 10.6. The summed E-state index contributed by atoms with van der Waals surface area (Å²) in [6.45, 7) is 0.0314. The van der Waals surface area contributed by atoms with E-state index in [9.17, 15) is 14.0 Å². The van der Waals surface area contributed by atoms with Crippen molar-refractivity contribution in [2.24, 2.45) is 0 Å². The van der Waals surface area contributed by atoms with Crippen LogP contribution in [0.5, 0.6) is 11.5 Å². The number of rotatable bonds is 3. The summed E-state index contributed by atoms with van der Waals surface area (Å²) in [6.07, 6.45) is 0. The molecule has 0 saturated carbocycles. The van der Waals surface area contributed by atoms with Crippen molar-refractivity contribution in [1.29, 1.82) is 0 Å². The minimum Gasteiger partial charge on any atom is -0.465 e. The zero-order valence-electron chi connectivity index (χ0n) is 15.1. The van der Waals surface area contributed by atoms with E-state index in [4.69, 9.17) is 18.9 Å². The van der Waals surface area contributed by atoms with Crippen LogP contribution in [0.4, 0.5) is 4.39 Å². The predicted octanol–water partition coefficient (Wildman–Crippen LogP) is 3.95. The van der Waals surface area contributed by atoms with E-state index in [1.54, 1.807) is 18.2 Å². The van der Waals surface area contributed by atoms with Crippen molar-refractivity contribution in [3.05, 3.63) is 59.4 Å². The Morgan fingerprint density at radius 1 is 0.964 bits per heavy atom. The van der Waals surface area contributed by atoms with Crippen LogP contribution in [-0.4, -0.2) is 33.0 Å². The molecule has 0 unspecified atom stereocenters. The number of carbonyl (C=O) groups excluding carboxylic acids is 2. The molecule has 3 aromatic rings.